The zero-order chi connectivity index (χ0) is 27.3. The molecule has 0 radical (unpaired) electrons. The van der Waals surface area contributed by atoms with Crippen LogP contribution >= 0.6 is 0 Å². The van der Waals surface area contributed by atoms with Crippen LogP contribution in [-0.4, -0.2) is 30.6 Å². The molecule has 4 rings (SSSR count). The molecule has 0 saturated heterocycles. The maximum absolute atomic E-state index is 13.5. The Kier molecular flexibility index (Phi) is 7.85. The van der Waals surface area contributed by atoms with E-state index in [2.05, 4.69) is 45.0 Å². The highest BCUT2D eigenvalue weighted by molar-refractivity contribution is 6.99. The number of benzene rings is 3. The average Bonchev–Trinajstić information content (AvgIpc) is 2.92. The van der Waals surface area contributed by atoms with Crippen molar-refractivity contribution < 1.29 is 9.35 Å². The monoisotopic (exact) mass is 525 g/mol. The van der Waals surface area contributed by atoms with Crippen LogP contribution in [0.15, 0.2) is 102 Å². The van der Waals surface area contributed by atoms with E-state index in [0.29, 0.717) is 29.8 Å². The first-order valence-electron chi connectivity index (χ1n) is 12.4. The number of nitro groups is 1. The summed E-state index contributed by atoms with van der Waals surface area (Å²) in [6.07, 6.45) is 3.04. The van der Waals surface area contributed by atoms with E-state index < -0.39 is 13.2 Å². The highest BCUT2D eigenvalue weighted by Crippen LogP contribution is 2.36. The van der Waals surface area contributed by atoms with Crippen molar-refractivity contribution in [2.45, 2.75) is 32.2 Å². The SMILES string of the molecule is CC(C)(C)[Si](OCCc1cccn(-c2ccc([N+](=O)[O-])cc2C=N)c1=O)(c1ccccc1)c1ccccc1. The van der Waals surface area contributed by atoms with E-state index in [1.807, 2.05) is 36.4 Å². The molecule has 1 aromatic heterocycles. The minimum atomic E-state index is -2.73. The van der Waals surface area contributed by atoms with Crippen LogP contribution in [0.1, 0.15) is 31.9 Å². The Bertz CT molecular complexity index is 1460. The lowest BCUT2D eigenvalue weighted by atomic mass is 10.1. The summed E-state index contributed by atoms with van der Waals surface area (Å²) in [7, 11) is -2.73. The molecule has 7 nitrogen and oxygen atoms in total. The van der Waals surface area contributed by atoms with Gasteiger partial charge in [-0.05, 0) is 34.0 Å². The molecule has 38 heavy (non-hydrogen) atoms. The molecule has 0 aliphatic heterocycles. The summed E-state index contributed by atoms with van der Waals surface area (Å²) in [5.41, 5.74) is 0.915. The van der Waals surface area contributed by atoms with Gasteiger partial charge in [0, 0.05) is 42.3 Å². The molecule has 8 heteroatoms. The highest BCUT2D eigenvalue weighted by atomic mass is 28.4. The molecular formula is C30H31N3O4Si. The topological polar surface area (TPSA) is 98.2 Å². The van der Waals surface area contributed by atoms with E-state index in [0.717, 1.165) is 6.21 Å². The van der Waals surface area contributed by atoms with Gasteiger partial charge in [0.15, 0.2) is 0 Å². The summed E-state index contributed by atoms with van der Waals surface area (Å²) in [6.45, 7) is 6.98. The number of nitrogens with one attached hydrogen (secondary N) is 1. The number of hydrogen-bond donors (Lipinski definition) is 1. The maximum atomic E-state index is 13.5. The first-order chi connectivity index (χ1) is 18.2. The maximum Gasteiger partial charge on any atom is 0.270 e. The van der Waals surface area contributed by atoms with Gasteiger partial charge in [-0.25, -0.2) is 0 Å². The van der Waals surface area contributed by atoms with E-state index in [1.54, 1.807) is 18.3 Å². The van der Waals surface area contributed by atoms with Gasteiger partial charge in [-0.3, -0.25) is 19.5 Å². The standard InChI is InChI=1S/C30H31N3O4Si/c1-30(2,3)38(26-12-6-4-7-13-26,27-14-8-5-9-15-27)37-20-18-23-11-10-19-32(29(23)34)28-17-16-25(33(35)36)21-24(28)22-31/h4-17,19,21-22,31H,18,20H2,1-3H3. The summed E-state index contributed by atoms with van der Waals surface area (Å²) in [4.78, 5) is 24.1. The fourth-order valence-corrected chi connectivity index (χ4v) is 9.55. The Morgan fingerprint density at radius 1 is 0.947 bits per heavy atom. The summed E-state index contributed by atoms with van der Waals surface area (Å²) in [5, 5.41) is 21.1. The fourth-order valence-electron chi connectivity index (χ4n) is 4.99. The number of nitro benzene ring substituents is 1. The smallest absolute Gasteiger partial charge is 0.270 e. The second-order valence-electron chi connectivity index (χ2n) is 10.1. The molecule has 1 heterocycles. The lowest BCUT2D eigenvalue weighted by Crippen LogP contribution is -2.66. The number of aromatic nitrogens is 1. The molecule has 0 bridgehead atoms. The van der Waals surface area contributed by atoms with Crippen LogP contribution in [0.2, 0.25) is 5.04 Å². The lowest BCUT2D eigenvalue weighted by molar-refractivity contribution is -0.384. The van der Waals surface area contributed by atoms with Crippen LogP contribution in [0.3, 0.4) is 0 Å². The molecule has 0 fully saturated rings. The van der Waals surface area contributed by atoms with Crippen LogP contribution in [0, 0.1) is 15.5 Å². The van der Waals surface area contributed by atoms with Gasteiger partial charge in [0.2, 0.25) is 0 Å². The molecule has 0 aliphatic rings. The number of pyridine rings is 1. The summed E-state index contributed by atoms with van der Waals surface area (Å²) < 4.78 is 8.37. The third-order valence-corrected chi connectivity index (χ3v) is 11.8. The third kappa shape index (κ3) is 5.14. The van der Waals surface area contributed by atoms with Gasteiger partial charge in [0.25, 0.3) is 19.6 Å². The van der Waals surface area contributed by atoms with Crippen molar-refractivity contribution >= 4 is 30.6 Å². The molecule has 3 aromatic carbocycles. The van der Waals surface area contributed by atoms with E-state index in [-0.39, 0.29) is 16.3 Å². The van der Waals surface area contributed by atoms with Gasteiger partial charge in [-0.2, -0.15) is 0 Å². The summed E-state index contributed by atoms with van der Waals surface area (Å²) >= 11 is 0. The van der Waals surface area contributed by atoms with Crippen LogP contribution in [0.5, 0.6) is 0 Å². The fraction of sp³-hybridized carbons (Fsp3) is 0.200. The third-order valence-electron chi connectivity index (χ3n) is 6.77. The number of rotatable bonds is 9. The van der Waals surface area contributed by atoms with Crippen molar-refractivity contribution in [2.24, 2.45) is 0 Å². The summed E-state index contributed by atoms with van der Waals surface area (Å²) in [5.74, 6) is 0. The molecule has 194 valence electrons. The van der Waals surface area contributed by atoms with Crippen molar-refractivity contribution in [3.8, 4) is 5.69 Å². The van der Waals surface area contributed by atoms with Gasteiger partial charge in [0.1, 0.15) is 0 Å². The van der Waals surface area contributed by atoms with Gasteiger partial charge in [-0.1, -0.05) is 87.5 Å². The molecule has 0 saturated carbocycles. The van der Waals surface area contributed by atoms with Gasteiger partial charge >= 0.3 is 0 Å². The van der Waals surface area contributed by atoms with Gasteiger partial charge < -0.3 is 9.84 Å². The molecule has 1 N–H and O–H groups in total. The van der Waals surface area contributed by atoms with Crippen LogP contribution in [-0.2, 0) is 10.8 Å². The average molecular weight is 526 g/mol. The Morgan fingerprint density at radius 2 is 1.55 bits per heavy atom. The van der Waals surface area contributed by atoms with Crippen molar-refractivity contribution in [3.05, 3.63) is 129 Å². The molecule has 0 spiro atoms. The zero-order valence-electron chi connectivity index (χ0n) is 21.8. The van der Waals surface area contributed by atoms with E-state index in [1.165, 1.54) is 33.1 Å². The van der Waals surface area contributed by atoms with E-state index in [4.69, 9.17) is 9.84 Å². The van der Waals surface area contributed by atoms with Crippen LogP contribution < -0.4 is 15.9 Å². The zero-order valence-corrected chi connectivity index (χ0v) is 22.8. The number of hydrogen-bond acceptors (Lipinski definition) is 5. The molecule has 0 amide bonds. The predicted molar refractivity (Wildman–Crippen MR) is 154 cm³/mol. The lowest BCUT2D eigenvalue weighted by Gasteiger charge is -2.43. The van der Waals surface area contributed by atoms with Gasteiger partial charge in [0.05, 0.1) is 10.6 Å². The van der Waals surface area contributed by atoms with Crippen LogP contribution in [0.25, 0.3) is 5.69 Å². The van der Waals surface area contributed by atoms with E-state index >= 15 is 0 Å². The minimum absolute atomic E-state index is 0.129. The molecule has 4 aromatic rings. The Hall–Kier alpha value is -4.14. The van der Waals surface area contributed by atoms with Crippen molar-refractivity contribution in [1.29, 1.82) is 5.41 Å². The molecule has 0 atom stereocenters. The van der Waals surface area contributed by atoms with Gasteiger partial charge in [-0.15, -0.1) is 0 Å². The number of nitrogens with zero attached hydrogens (tertiary/aromatic N) is 2. The Morgan fingerprint density at radius 3 is 2.08 bits per heavy atom. The first-order valence-corrected chi connectivity index (χ1v) is 14.3. The largest absolute Gasteiger partial charge is 0.407 e. The second kappa shape index (κ2) is 11.1. The van der Waals surface area contributed by atoms with Crippen molar-refractivity contribution in [2.75, 3.05) is 6.61 Å². The second-order valence-corrected chi connectivity index (χ2v) is 14.4. The minimum Gasteiger partial charge on any atom is -0.407 e. The molecule has 0 aliphatic carbocycles. The normalized spacial score (nSPS) is 11.8. The Balaban J connectivity index is 1.69. The number of non-ortho nitro benzene ring substituents is 1. The van der Waals surface area contributed by atoms with E-state index in [9.17, 15) is 14.9 Å². The van der Waals surface area contributed by atoms with Crippen molar-refractivity contribution in [3.63, 3.8) is 0 Å². The predicted octanol–water partition coefficient (Wildman–Crippen LogP) is 4.86. The van der Waals surface area contributed by atoms with Crippen molar-refractivity contribution in [1.82, 2.24) is 4.57 Å². The molecular weight excluding hydrogens is 494 g/mol. The Labute approximate surface area is 223 Å². The summed E-state index contributed by atoms with van der Waals surface area (Å²) in [6, 6.07) is 28.4. The molecule has 0 unspecified atom stereocenters. The van der Waals surface area contributed by atoms with Crippen LogP contribution in [0.4, 0.5) is 5.69 Å². The quantitative estimate of drug-likeness (QED) is 0.146. The first kappa shape index (κ1) is 26.9. The highest BCUT2D eigenvalue weighted by Gasteiger charge is 2.50.